The SMILES string of the molecule is CC(O)OC1(CCl)OC(CCl)C(O)C1O.OCC1C(O)C1Cl. The standard InChI is InChI=1S/C8H14Cl2O5.C4H7ClO2/c1-4(11)14-8(3-10)7(13)6(12)5(2-9)15-8;5-3-2(1-6)4(3)7/h4-7,11-13H,2-3H2,1H3;2-4,6-7H,1H2. The quantitative estimate of drug-likeness (QED) is 0.312. The molecular formula is C12H21Cl3O7. The van der Waals surface area contributed by atoms with Gasteiger partial charge in [-0.2, -0.15) is 0 Å². The Morgan fingerprint density at radius 3 is 2.00 bits per heavy atom. The predicted octanol–water partition coefficient (Wildman–Crippen LogP) is -0.787. The highest BCUT2D eigenvalue weighted by Gasteiger charge is 2.55. The zero-order valence-corrected chi connectivity index (χ0v) is 14.1. The van der Waals surface area contributed by atoms with E-state index in [-0.39, 0.29) is 29.7 Å². The van der Waals surface area contributed by atoms with Gasteiger partial charge in [-0.15, -0.1) is 34.8 Å². The first kappa shape index (κ1) is 20.6. The molecule has 0 spiro atoms. The van der Waals surface area contributed by atoms with Crippen LogP contribution in [-0.2, 0) is 9.47 Å². The van der Waals surface area contributed by atoms with Gasteiger partial charge in [-0.25, -0.2) is 0 Å². The number of alkyl halides is 3. The highest BCUT2D eigenvalue weighted by molar-refractivity contribution is 6.23. The summed E-state index contributed by atoms with van der Waals surface area (Å²) in [4.78, 5) is 0. The number of aliphatic hydroxyl groups excluding tert-OH is 5. The molecule has 0 bridgehead atoms. The van der Waals surface area contributed by atoms with E-state index >= 15 is 0 Å². The van der Waals surface area contributed by atoms with E-state index in [1.165, 1.54) is 6.92 Å². The van der Waals surface area contributed by atoms with Crippen molar-refractivity contribution in [2.75, 3.05) is 18.4 Å². The van der Waals surface area contributed by atoms with Crippen LogP contribution in [-0.4, -0.2) is 85.8 Å². The lowest BCUT2D eigenvalue weighted by atomic mass is 10.1. The van der Waals surface area contributed by atoms with E-state index in [1.54, 1.807) is 0 Å². The van der Waals surface area contributed by atoms with Crippen molar-refractivity contribution in [1.82, 2.24) is 0 Å². The average Bonchev–Trinajstić information content (AvgIpc) is 2.99. The fraction of sp³-hybridized carbons (Fsp3) is 1.00. The Labute approximate surface area is 143 Å². The molecule has 8 atom stereocenters. The third kappa shape index (κ3) is 4.57. The van der Waals surface area contributed by atoms with Gasteiger partial charge in [0.2, 0.25) is 5.79 Å². The molecule has 2 aliphatic rings. The number of ether oxygens (including phenoxy) is 2. The molecule has 7 nitrogen and oxygen atoms in total. The van der Waals surface area contributed by atoms with Gasteiger partial charge in [0.15, 0.2) is 6.29 Å². The Hall–Kier alpha value is 0.590. The van der Waals surface area contributed by atoms with Crippen molar-refractivity contribution in [1.29, 1.82) is 0 Å². The summed E-state index contributed by atoms with van der Waals surface area (Å²) >= 11 is 16.5. The van der Waals surface area contributed by atoms with Crippen LogP contribution in [0.1, 0.15) is 6.92 Å². The first-order chi connectivity index (χ1) is 10.2. The van der Waals surface area contributed by atoms with Gasteiger partial charge in [-0.1, -0.05) is 0 Å². The minimum Gasteiger partial charge on any atom is -0.396 e. The molecule has 0 radical (unpaired) electrons. The van der Waals surface area contributed by atoms with Crippen LogP contribution in [0.2, 0.25) is 0 Å². The fourth-order valence-electron chi connectivity index (χ4n) is 2.03. The molecule has 1 aliphatic carbocycles. The van der Waals surface area contributed by atoms with Crippen molar-refractivity contribution in [3.8, 4) is 0 Å². The molecule has 2 rings (SSSR count). The maximum Gasteiger partial charge on any atom is 0.214 e. The second kappa shape index (κ2) is 8.62. The molecule has 2 fully saturated rings. The molecule has 132 valence electrons. The van der Waals surface area contributed by atoms with Crippen LogP contribution in [0.5, 0.6) is 0 Å². The maximum atomic E-state index is 9.70. The fourth-order valence-corrected chi connectivity index (χ4v) is 2.90. The summed E-state index contributed by atoms with van der Waals surface area (Å²) in [7, 11) is 0. The Morgan fingerprint density at radius 2 is 1.77 bits per heavy atom. The lowest BCUT2D eigenvalue weighted by Gasteiger charge is -2.31. The maximum absolute atomic E-state index is 9.70. The number of rotatable bonds is 5. The molecule has 0 aromatic carbocycles. The molecule has 1 saturated heterocycles. The summed E-state index contributed by atoms with van der Waals surface area (Å²) in [5, 5.41) is 45.1. The van der Waals surface area contributed by atoms with Crippen LogP contribution in [0.25, 0.3) is 0 Å². The summed E-state index contributed by atoms with van der Waals surface area (Å²) < 4.78 is 10.2. The smallest absolute Gasteiger partial charge is 0.214 e. The highest BCUT2D eigenvalue weighted by atomic mass is 35.5. The molecule has 22 heavy (non-hydrogen) atoms. The lowest BCUT2D eigenvalue weighted by molar-refractivity contribution is -0.297. The molecular weight excluding hydrogens is 362 g/mol. The minimum absolute atomic E-state index is 0.0000348. The average molecular weight is 384 g/mol. The normalized spacial score (nSPS) is 45.1. The largest absolute Gasteiger partial charge is 0.396 e. The van der Waals surface area contributed by atoms with Crippen molar-refractivity contribution < 1.29 is 35.0 Å². The molecule has 10 heteroatoms. The number of halogens is 3. The first-order valence-electron chi connectivity index (χ1n) is 6.68. The zero-order chi connectivity index (χ0) is 17.1. The Kier molecular flexibility index (Phi) is 8.08. The zero-order valence-electron chi connectivity index (χ0n) is 11.8. The van der Waals surface area contributed by atoms with Crippen molar-refractivity contribution in [3.63, 3.8) is 0 Å². The van der Waals surface area contributed by atoms with Gasteiger partial charge in [0.1, 0.15) is 18.3 Å². The third-order valence-corrected chi connectivity index (χ3v) is 4.72. The van der Waals surface area contributed by atoms with Crippen molar-refractivity contribution >= 4 is 34.8 Å². The minimum atomic E-state index is -1.60. The third-order valence-electron chi connectivity index (χ3n) is 3.46. The van der Waals surface area contributed by atoms with Gasteiger partial charge >= 0.3 is 0 Å². The molecule has 0 aromatic heterocycles. The van der Waals surface area contributed by atoms with Crippen LogP contribution in [0.4, 0.5) is 0 Å². The molecule has 1 aliphatic heterocycles. The number of aliphatic hydroxyl groups is 5. The summed E-state index contributed by atoms with van der Waals surface area (Å²) in [6.07, 6.45) is -4.90. The van der Waals surface area contributed by atoms with Gasteiger partial charge in [-0.3, -0.25) is 0 Å². The molecule has 0 amide bonds. The van der Waals surface area contributed by atoms with E-state index in [0.29, 0.717) is 0 Å². The molecule has 8 unspecified atom stereocenters. The summed E-state index contributed by atoms with van der Waals surface area (Å²) in [6.45, 7) is 1.36. The number of hydrogen-bond donors (Lipinski definition) is 5. The van der Waals surface area contributed by atoms with Gasteiger partial charge < -0.3 is 35.0 Å². The highest BCUT2D eigenvalue weighted by Crippen LogP contribution is 2.36. The van der Waals surface area contributed by atoms with Crippen LogP contribution < -0.4 is 0 Å². The Balaban J connectivity index is 0.000000287. The molecule has 1 saturated carbocycles. The van der Waals surface area contributed by atoms with Gasteiger partial charge in [0.25, 0.3) is 0 Å². The van der Waals surface area contributed by atoms with E-state index in [2.05, 4.69) is 0 Å². The van der Waals surface area contributed by atoms with Crippen molar-refractivity contribution in [3.05, 3.63) is 0 Å². The topological polar surface area (TPSA) is 120 Å². The molecule has 1 heterocycles. The van der Waals surface area contributed by atoms with Crippen LogP contribution in [0, 0.1) is 5.92 Å². The van der Waals surface area contributed by atoms with E-state index in [0.717, 1.165) is 0 Å². The van der Waals surface area contributed by atoms with Gasteiger partial charge in [-0.05, 0) is 6.92 Å². The molecule has 0 aromatic rings. The molecule has 5 N–H and O–H groups in total. The van der Waals surface area contributed by atoms with Gasteiger partial charge in [0.05, 0.1) is 23.2 Å². The second-order valence-electron chi connectivity index (χ2n) is 5.19. The van der Waals surface area contributed by atoms with Gasteiger partial charge in [0, 0.05) is 12.5 Å². The van der Waals surface area contributed by atoms with E-state index in [4.69, 9.17) is 59.6 Å². The Morgan fingerprint density at radius 1 is 1.23 bits per heavy atom. The van der Waals surface area contributed by atoms with Crippen LogP contribution in [0.15, 0.2) is 0 Å². The second-order valence-corrected chi connectivity index (χ2v) is 6.27. The Bertz CT molecular complexity index is 341. The first-order valence-corrected chi connectivity index (χ1v) is 8.19. The van der Waals surface area contributed by atoms with Crippen LogP contribution in [0.3, 0.4) is 0 Å². The number of hydrogen-bond acceptors (Lipinski definition) is 7. The predicted molar refractivity (Wildman–Crippen MR) is 80.0 cm³/mol. The van der Waals surface area contributed by atoms with E-state index in [1.807, 2.05) is 0 Å². The lowest BCUT2D eigenvalue weighted by Crippen LogP contribution is -2.49. The monoisotopic (exact) mass is 382 g/mol. The van der Waals surface area contributed by atoms with Crippen molar-refractivity contribution in [2.45, 2.75) is 48.8 Å². The summed E-state index contributed by atoms with van der Waals surface area (Å²) in [5.74, 6) is -1.88. The van der Waals surface area contributed by atoms with E-state index < -0.39 is 36.5 Å². The van der Waals surface area contributed by atoms with E-state index in [9.17, 15) is 10.2 Å². The summed E-state index contributed by atoms with van der Waals surface area (Å²) in [5.41, 5.74) is 0. The van der Waals surface area contributed by atoms with Crippen molar-refractivity contribution in [2.24, 2.45) is 5.92 Å². The van der Waals surface area contributed by atoms with Crippen LogP contribution >= 0.6 is 34.8 Å². The summed E-state index contributed by atoms with van der Waals surface area (Å²) in [6, 6.07) is 0.